The van der Waals surface area contributed by atoms with Gasteiger partial charge in [0.25, 0.3) is 5.91 Å². The van der Waals surface area contributed by atoms with Crippen LogP contribution in [0.15, 0.2) is 61.2 Å². The zero-order chi connectivity index (χ0) is 22.1. The molecule has 1 aromatic carbocycles. The van der Waals surface area contributed by atoms with Crippen LogP contribution in [0.5, 0.6) is 11.5 Å². The van der Waals surface area contributed by atoms with Crippen molar-refractivity contribution < 1.29 is 24.5 Å². The maximum absolute atomic E-state index is 12.6. The van der Waals surface area contributed by atoms with Crippen LogP contribution in [0.1, 0.15) is 28.4 Å². The highest BCUT2D eigenvalue weighted by Gasteiger charge is 2.21. The number of amides is 1. The van der Waals surface area contributed by atoms with Crippen LogP contribution >= 0.6 is 0 Å². The Bertz CT molecular complexity index is 1020. The van der Waals surface area contributed by atoms with Crippen LogP contribution in [0, 0.1) is 0 Å². The molecule has 160 valence electrons. The number of anilines is 1. The number of nitrogens with one attached hydrogen (secondary N) is 2. The Labute approximate surface area is 178 Å². The van der Waals surface area contributed by atoms with Gasteiger partial charge in [0.1, 0.15) is 18.1 Å². The van der Waals surface area contributed by atoms with E-state index in [2.05, 4.69) is 25.6 Å². The van der Waals surface area contributed by atoms with Gasteiger partial charge in [-0.3, -0.25) is 14.6 Å². The molecular formula is C21H21N5O5. The van der Waals surface area contributed by atoms with E-state index in [9.17, 15) is 14.7 Å². The second-order valence-electron chi connectivity index (χ2n) is 6.44. The van der Waals surface area contributed by atoms with E-state index >= 15 is 0 Å². The molecule has 0 bridgehead atoms. The number of carboxylic acids is 1. The highest BCUT2D eigenvalue weighted by atomic mass is 16.5. The first kappa shape index (κ1) is 21.5. The molecule has 1 amide bonds. The summed E-state index contributed by atoms with van der Waals surface area (Å²) in [6.45, 7) is 0.722. The number of nitrogens with zero attached hydrogens (tertiary/aromatic N) is 3. The maximum atomic E-state index is 12.6. The van der Waals surface area contributed by atoms with E-state index in [0.29, 0.717) is 23.8 Å². The third-order valence-corrected chi connectivity index (χ3v) is 4.20. The van der Waals surface area contributed by atoms with Gasteiger partial charge in [-0.05, 0) is 29.8 Å². The molecule has 3 aromatic rings. The largest absolute Gasteiger partial charge is 0.507 e. The number of aromatic hydroxyl groups is 1. The van der Waals surface area contributed by atoms with E-state index in [4.69, 9.17) is 9.84 Å². The van der Waals surface area contributed by atoms with E-state index < -0.39 is 17.9 Å². The molecule has 4 N–H and O–H groups in total. The molecule has 0 spiro atoms. The lowest BCUT2D eigenvalue weighted by Gasteiger charge is -2.17. The number of aliphatic carboxylic acids is 1. The Hall–Kier alpha value is -4.21. The zero-order valence-electron chi connectivity index (χ0n) is 16.4. The molecule has 0 radical (unpaired) electrons. The van der Waals surface area contributed by atoms with Crippen LogP contribution in [0.3, 0.4) is 0 Å². The standard InChI is InChI=1S/C21H21N5O5/c27-18-11-15(31-10-9-25-21-23-7-2-8-24-21)4-5-16(18)20(30)26-17(12-19(28)29)14-3-1-6-22-13-14/h1-8,11,13,17,27H,9-10,12H2,(H,26,30)(H,28,29)(H,23,24,25). The second kappa shape index (κ2) is 10.5. The van der Waals surface area contributed by atoms with Crippen LogP contribution in [0.4, 0.5) is 5.95 Å². The second-order valence-corrected chi connectivity index (χ2v) is 6.44. The number of carbonyl (C=O) groups excluding carboxylic acids is 1. The van der Waals surface area contributed by atoms with Gasteiger partial charge in [0.15, 0.2) is 0 Å². The number of hydrogen-bond donors (Lipinski definition) is 4. The lowest BCUT2D eigenvalue weighted by molar-refractivity contribution is -0.137. The molecule has 1 atom stereocenters. The molecule has 0 aliphatic carbocycles. The van der Waals surface area contributed by atoms with E-state index in [0.717, 1.165) is 0 Å². The quantitative estimate of drug-likeness (QED) is 0.360. The van der Waals surface area contributed by atoms with Gasteiger partial charge in [-0.2, -0.15) is 0 Å². The number of hydrogen-bond acceptors (Lipinski definition) is 8. The SMILES string of the molecule is O=C(O)CC(NC(=O)c1ccc(OCCNc2ncccn2)cc1O)c1cccnc1. The molecule has 3 rings (SSSR count). The molecule has 2 aromatic heterocycles. The van der Waals surface area contributed by atoms with Gasteiger partial charge in [0.2, 0.25) is 5.95 Å². The maximum Gasteiger partial charge on any atom is 0.305 e. The normalized spacial score (nSPS) is 11.4. The van der Waals surface area contributed by atoms with Gasteiger partial charge in [-0.1, -0.05) is 6.07 Å². The Morgan fingerprint density at radius 3 is 2.58 bits per heavy atom. The Balaban J connectivity index is 1.59. The lowest BCUT2D eigenvalue weighted by Crippen LogP contribution is -2.30. The fourth-order valence-corrected chi connectivity index (χ4v) is 2.76. The smallest absolute Gasteiger partial charge is 0.305 e. The van der Waals surface area contributed by atoms with Gasteiger partial charge in [-0.15, -0.1) is 0 Å². The average Bonchev–Trinajstić information content (AvgIpc) is 2.77. The van der Waals surface area contributed by atoms with E-state index in [1.165, 1.54) is 18.3 Å². The first-order valence-corrected chi connectivity index (χ1v) is 9.42. The molecule has 0 saturated carbocycles. The van der Waals surface area contributed by atoms with Crippen molar-refractivity contribution in [1.29, 1.82) is 0 Å². The van der Waals surface area contributed by atoms with Crippen molar-refractivity contribution in [1.82, 2.24) is 20.3 Å². The van der Waals surface area contributed by atoms with Crippen LogP contribution in [-0.4, -0.2) is 50.2 Å². The van der Waals surface area contributed by atoms with E-state index in [-0.39, 0.29) is 24.3 Å². The predicted molar refractivity (Wildman–Crippen MR) is 111 cm³/mol. The molecular weight excluding hydrogens is 402 g/mol. The predicted octanol–water partition coefficient (Wildman–Crippen LogP) is 2.01. The first-order chi connectivity index (χ1) is 15.0. The monoisotopic (exact) mass is 423 g/mol. The highest BCUT2D eigenvalue weighted by molar-refractivity contribution is 5.97. The van der Waals surface area contributed by atoms with Crippen LogP contribution in [0.25, 0.3) is 0 Å². The Morgan fingerprint density at radius 2 is 1.90 bits per heavy atom. The number of phenolic OH excluding ortho intramolecular Hbond substituents is 1. The summed E-state index contributed by atoms with van der Waals surface area (Å²) < 4.78 is 5.55. The number of aromatic nitrogens is 3. The zero-order valence-corrected chi connectivity index (χ0v) is 16.4. The first-order valence-electron chi connectivity index (χ1n) is 9.42. The minimum Gasteiger partial charge on any atom is -0.507 e. The summed E-state index contributed by atoms with van der Waals surface area (Å²) >= 11 is 0. The number of carboxylic acid groups (broad SMARTS) is 1. The van der Waals surface area contributed by atoms with Crippen LogP contribution in [0.2, 0.25) is 0 Å². The molecule has 10 nitrogen and oxygen atoms in total. The fourth-order valence-electron chi connectivity index (χ4n) is 2.76. The van der Waals surface area contributed by atoms with Gasteiger partial charge >= 0.3 is 5.97 Å². The van der Waals surface area contributed by atoms with Crippen molar-refractivity contribution in [3.05, 3.63) is 72.3 Å². The summed E-state index contributed by atoms with van der Waals surface area (Å²) in [5.74, 6) is -1.11. The number of benzene rings is 1. The Kier molecular flexibility index (Phi) is 7.30. The number of rotatable bonds is 10. The third-order valence-electron chi connectivity index (χ3n) is 4.20. The number of phenols is 1. The van der Waals surface area contributed by atoms with Gasteiger partial charge in [-0.25, -0.2) is 9.97 Å². The molecule has 0 aliphatic rings. The van der Waals surface area contributed by atoms with Crippen LogP contribution < -0.4 is 15.4 Å². The van der Waals surface area contributed by atoms with Gasteiger partial charge in [0.05, 0.1) is 24.6 Å². The van der Waals surface area contributed by atoms with Crippen molar-refractivity contribution in [2.45, 2.75) is 12.5 Å². The number of ether oxygens (including phenoxy) is 1. The molecule has 0 saturated heterocycles. The average molecular weight is 423 g/mol. The summed E-state index contributed by atoms with van der Waals surface area (Å²) in [5.41, 5.74) is 0.551. The van der Waals surface area contributed by atoms with Crippen LogP contribution in [-0.2, 0) is 4.79 Å². The minimum absolute atomic E-state index is 0.00226. The molecule has 0 fully saturated rings. The highest BCUT2D eigenvalue weighted by Crippen LogP contribution is 2.25. The van der Waals surface area contributed by atoms with Crippen molar-refractivity contribution in [2.24, 2.45) is 0 Å². The van der Waals surface area contributed by atoms with Crippen molar-refractivity contribution >= 4 is 17.8 Å². The molecule has 31 heavy (non-hydrogen) atoms. The van der Waals surface area contributed by atoms with Gasteiger partial charge in [0, 0.05) is 30.9 Å². The van der Waals surface area contributed by atoms with Crippen molar-refractivity contribution in [3.8, 4) is 11.5 Å². The molecule has 10 heteroatoms. The molecule has 0 aliphatic heterocycles. The minimum atomic E-state index is -1.07. The van der Waals surface area contributed by atoms with E-state index in [1.807, 2.05) is 0 Å². The number of carbonyl (C=O) groups is 2. The third kappa shape index (κ3) is 6.39. The summed E-state index contributed by atoms with van der Waals surface area (Å²) in [5, 5.41) is 25.0. The van der Waals surface area contributed by atoms with Crippen molar-refractivity contribution in [3.63, 3.8) is 0 Å². The fraction of sp³-hybridized carbons (Fsp3) is 0.190. The van der Waals surface area contributed by atoms with Gasteiger partial charge < -0.3 is 25.6 Å². The lowest BCUT2D eigenvalue weighted by atomic mass is 10.0. The van der Waals surface area contributed by atoms with Crippen molar-refractivity contribution in [2.75, 3.05) is 18.5 Å². The topological polar surface area (TPSA) is 147 Å². The molecule has 1 unspecified atom stereocenters. The van der Waals surface area contributed by atoms with E-state index in [1.54, 1.807) is 42.9 Å². The summed E-state index contributed by atoms with van der Waals surface area (Å²) in [7, 11) is 0. The summed E-state index contributed by atoms with van der Waals surface area (Å²) in [4.78, 5) is 35.8. The summed E-state index contributed by atoms with van der Waals surface area (Å²) in [6.07, 6.45) is 5.95. The Morgan fingerprint density at radius 1 is 1.10 bits per heavy atom. The summed E-state index contributed by atoms with van der Waals surface area (Å²) in [6, 6.07) is 8.52. The number of pyridine rings is 1. The molecule has 2 heterocycles.